The molecule has 5 nitrogen and oxygen atoms in total. The van der Waals surface area contributed by atoms with Gasteiger partial charge in [0.1, 0.15) is 17.2 Å². The standard InChI is InChI=1S/C31H42N2O3/c1-2-19-36-31-23-25-22-26(34-20-7-17-32-13-3-4-14-32)9-11-28(25)29-12-10-27(24-30(29)31)35-21-8-18-33-15-5-6-16-33/h9-12,22-24H,2-8,13-21H2,1H3. The summed E-state index contributed by atoms with van der Waals surface area (Å²) >= 11 is 0. The van der Waals surface area contributed by atoms with Crippen LogP contribution in [0.2, 0.25) is 0 Å². The van der Waals surface area contributed by atoms with Gasteiger partial charge in [0.25, 0.3) is 0 Å². The van der Waals surface area contributed by atoms with Gasteiger partial charge >= 0.3 is 0 Å². The summed E-state index contributed by atoms with van der Waals surface area (Å²) in [5.41, 5.74) is 0. The van der Waals surface area contributed by atoms with Crippen LogP contribution in [0.1, 0.15) is 51.9 Å². The van der Waals surface area contributed by atoms with E-state index in [4.69, 9.17) is 14.2 Å². The van der Waals surface area contributed by atoms with Crippen LogP contribution in [-0.4, -0.2) is 68.9 Å². The van der Waals surface area contributed by atoms with Crippen molar-refractivity contribution in [3.05, 3.63) is 42.5 Å². The maximum Gasteiger partial charge on any atom is 0.127 e. The summed E-state index contributed by atoms with van der Waals surface area (Å²) in [4.78, 5) is 5.08. The maximum atomic E-state index is 6.21. The Hall–Kier alpha value is -2.50. The second-order valence-electron chi connectivity index (χ2n) is 10.3. The lowest BCUT2D eigenvalue weighted by atomic mass is 10.0. The fraction of sp³-hybridized carbons (Fsp3) is 0.548. The van der Waals surface area contributed by atoms with Crippen LogP contribution in [0.15, 0.2) is 42.5 Å². The Morgan fingerprint density at radius 3 is 1.81 bits per heavy atom. The quantitative estimate of drug-likeness (QED) is 0.201. The molecule has 0 radical (unpaired) electrons. The SMILES string of the molecule is CCCOc1cc2cc(OCCCN3CCCC3)ccc2c2ccc(OCCCN3CCCC3)cc12. The zero-order valence-corrected chi connectivity index (χ0v) is 22.0. The first-order chi connectivity index (χ1) is 17.8. The normalized spacial score (nSPS) is 16.8. The smallest absolute Gasteiger partial charge is 0.127 e. The molecule has 0 aliphatic carbocycles. The van der Waals surface area contributed by atoms with Crippen LogP contribution in [-0.2, 0) is 0 Å². The predicted octanol–water partition coefficient (Wildman–Crippen LogP) is 6.51. The number of fused-ring (bicyclic) bond motifs is 3. The molecule has 0 N–H and O–H groups in total. The second kappa shape index (κ2) is 12.6. The molecular formula is C31H42N2O3. The van der Waals surface area contributed by atoms with Crippen LogP contribution in [0.4, 0.5) is 0 Å². The Kier molecular flexibility index (Phi) is 8.84. The fourth-order valence-corrected chi connectivity index (χ4v) is 5.57. The monoisotopic (exact) mass is 490 g/mol. The minimum Gasteiger partial charge on any atom is -0.494 e. The zero-order chi connectivity index (χ0) is 24.6. The number of nitrogens with zero attached hydrogens (tertiary/aromatic N) is 2. The van der Waals surface area contributed by atoms with Crippen LogP contribution in [0.3, 0.4) is 0 Å². The van der Waals surface area contributed by atoms with E-state index in [1.165, 1.54) is 62.6 Å². The molecule has 0 atom stereocenters. The topological polar surface area (TPSA) is 34.2 Å². The number of ether oxygens (including phenoxy) is 3. The average Bonchev–Trinajstić information content (AvgIpc) is 3.62. The molecule has 0 aromatic heterocycles. The molecule has 194 valence electrons. The van der Waals surface area contributed by atoms with Gasteiger partial charge < -0.3 is 24.0 Å². The highest BCUT2D eigenvalue weighted by Crippen LogP contribution is 2.37. The highest BCUT2D eigenvalue weighted by Gasteiger charge is 2.13. The van der Waals surface area contributed by atoms with E-state index in [2.05, 4.69) is 59.2 Å². The molecule has 2 heterocycles. The first-order valence-electron chi connectivity index (χ1n) is 14.1. The van der Waals surface area contributed by atoms with E-state index in [0.717, 1.165) is 73.6 Å². The van der Waals surface area contributed by atoms with E-state index >= 15 is 0 Å². The van der Waals surface area contributed by atoms with Gasteiger partial charge in [-0.2, -0.15) is 0 Å². The summed E-state index contributed by atoms with van der Waals surface area (Å²) in [6.07, 6.45) is 8.48. The Morgan fingerprint density at radius 1 is 0.611 bits per heavy atom. The molecule has 36 heavy (non-hydrogen) atoms. The van der Waals surface area contributed by atoms with Crippen molar-refractivity contribution in [1.82, 2.24) is 9.80 Å². The molecule has 5 heteroatoms. The van der Waals surface area contributed by atoms with Gasteiger partial charge in [-0.25, -0.2) is 0 Å². The Morgan fingerprint density at radius 2 is 1.19 bits per heavy atom. The molecule has 3 aromatic carbocycles. The molecule has 3 aromatic rings. The van der Waals surface area contributed by atoms with E-state index in [9.17, 15) is 0 Å². The Bertz CT molecular complexity index is 1120. The van der Waals surface area contributed by atoms with Gasteiger partial charge in [-0.3, -0.25) is 0 Å². The van der Waals surface area contributed by atoms with Crippen molar-refractivity contribution in [3.63, 3.8) is 0 Å². The van der Waals surface area contributed by atoms with E-state index in [1.807, 2.05) is 0 Å². The van der Waals surface area contributed by atoms with Gasteiger partial charge in [-0.15, -0.1) is 0 Å². The van der Waals surface area contributed by atoms with Gasteiger partial charge in [0.15, 0.2) is 0 Å². The molecule has 2 fully saturated rings. The van der Waals surface area contributed by atoms with E-state index < -0.39 is 0 Å². The van der Waals surface area contributed by atoms with E-state index in [-0.39, 0.29) is 0 Å². The molecule has 2 aliphatic heterocycles. The molecule has 2 aliphatic rings. The van der Waals surface area contributed by atoms with Crippen LogP contribution < -0.4 is 14.2 Å². The zero-order valence-electron chi connectivity index (χ0n) is 22.0. The minimum atomic E-state index is 0.703. The summed E-state index contributed by atoms with van der Waals surface area (Å²) in [6, 6.07) is 15.1. The molecule has 0 bridgehead atoms. The lowest BCUT2D eigenvalue weighted by Gasteiger charge is -2.16. The third-order valence-corrected chi connectivity index (χ3v) is 7.49. The highest BCUT2D eigenvalue weighted by atomic mass is 16.5. The number of likely N-dealkylation sites (tertiary alicyclic amines) is 2. The molecule has 2 saturated heterocycles. The van der Waals surface area contributed by atoms with Crippen molar-refractivity contribution in [3.8, 4) is 17.2 Å². The summed E-state index contributed by atoms with van der Waals surface area (Å²) in [5.74, 6) is 2.78. The lowest BCUT2D eigenvalue weighted by molar-refractivity contribution is 0.263. The van der Waals surface area contributed by atoms with Crippen molar-refractivity contribution < 1.29 is 14.2 Å². The molecule has 0 spiro atoms. The van der Waals surface area contributed by atoms with Crippen LogP contribution >= 0.6 is 0 Å². The fourth-order valence-electron chi connectivity index (χ4n) is 5.57. The van der Waals surface area contributed by atoms with E-state index in [1.54, 1.807) is 0 Å². The van der Waals surface area contributed by atoms with Crippen LogP contribution in [0.25, 0.3) is 21.5 Å². The third kappa shape index (κ3) is 6.43. The van der Waals surface area contributed by atoms with Crippen molar-refractivity contribution in [1.29, 1.82) is 0 Å². The number of benzene rings is 3. The number of hydrogen-bond donors (Lipinski definition) is 0. The van der Waals surface area contributed by atoms with E-state index in [0.29, 0.717) is 6.61 Å². The van der Waals surface area contributed by atoms with Crippen molar-refractivity contribution in [2.45, 2.75) is 51.9 Å². The first kappa shape index (κ1) is 25.2. The molecule has 0 amide bonds. The lowest BCUT2D eigenvalue weighted by Crippen LogP contribution is -2.21. The molecular weight excluding hydrogens is 448 g/mol. The van der Waals surface area contributed by atoms with Crippen LogP contribution in [0, 0.1) is 0 Å². The summed E-state index contributed by atoms with van der Waals surface area (Å²) in [5, 5.41) is 4.69. The second-order valence-corrected chi connectivity index (χ2v) is 10.3. The number of hydrogen-bond acceptors (Lipinski definition) is 5. The van der Waals surface area contributed by atoms with Crippen LogP contribution in [0.5, 0.6) is 17.2 Å². The Labute approximate surface area is 216 Å². The van der Waals surface area contributed by atoms with Gasteiger partial charge in [0.05, 0.1) is 19.8 Å². The maximum absolute atomic E-state index is 6.21. The van der Waals surface area contributed by atoms with Crippen molar-refractivity contribution >= 4 is 21.5 Å². The summed E-state index contributed by atoms with van der Waals surface area (Å²) < 4.78 is 18.5. The minimum absolute atomic E-state index is 0.703. The predicted molar refractivity (Wildman–Crippen MR) is 149 cm³/mol. The van der Waals surface area contributed by atoms with Crippen molar-refractivity contribution in [2.24, 2.45) is 0 Å². The highest BCUT2D eigenvalue weighted by molar-refractivity contribution is 6.11. The largest absolute Gasteiger partial charge is 0.494 e. The van der Waals surface area contributed by atoms with Gasteiger partial charge in [-0.1, -0.05) is 13.0 Å². The van der Waals surface area contributed by atoms with Gasteiger partial charge in [0.2, 0.25) is 0 Å². The van der Waals surface area contributed by atoms with Crippen molar-refractivity contribution in [2.75, 3.05) is 59.1 Å². The Balaban J connectivity index is 1.28. The average molecular weight is 491 g/mol. The summed E-state index contributed by atoms with van der Waals surface area (Å²) in [7, 11) is 0. The molecule has 0 unspecified atom stereocenters. The molecule has 5 rings (SSSR count). The summed E-state index contributed by atoms with van der Waals surface area (Å²) in [6.45, 7) is 11.6. The number of rotatable bonds is 13. The first-order valence-corrected chi connectivity index (χ1v) is 14.1. The third-order valence-electron chi connectivity index (χ3n) is 7.49. The van der Waals surface area contributed by atoms with Gasteiger partial charge in [-0.05, 0) is 124 Å². The van der Waals surface area contributed by atoms with Gasteiger partial charge in [0, 0.05) is 18.5 Å². The molecule has 0 saturated carbocycles.